The summed E-state index contributed by atoms with van der Waals surface area (Å²) in [6.45, 7) is 0. The minimum absolute atomic E-state index is 0.0827. The summed E-state index contributed by atoms with van der Waals surface area (Å²) in [6.07, 6.45) is 0. The number of thioether (sulfide) groups is 1. The number of hydrogen-bond donors (Lipinski definition) is 1. The number of β-lactam (4-membered cyclic amide) rings is 1. The van der Waals surface area contributed by atoms with Gasteiger partial charge in [-0.25, -0.2) is 8.78 Å². The summed E-state index contributed by atoms with van der Waals surface area (Å²) in [7, 11) is 1.50. The molecule has 2 atom stereocenters. The van der Waals surface area contributed by atoms with Gasteiger partial charge in [0.2, 0.25) is 5.91 Å². The van der Waals surface area contributed by atoms with Crippen molar-refractivity contribution < 1.29 is 18.3 Å². The Balaban J connectivity index is 2.20. The van der Waals surface area contributed by atoms with Crippen LogP contribution in [0.25, 0.3) is 0 Å². The lowest BCUT2D eigenvalue weighted by Crippen LogP contribution is -2.54. The van der Waals surface area contributed by atoms with E-state index in [1.165, 1.54) is 37.1 Å². The van der Waals surface area contributed by atoms with E-state index in [1.54, 1.807) is 0 Å². The molecule has 1 aromatic carbocycles. The molecule has 2 unspecified atom stereocenters. The lowest BCUT2D eigenvalue weighted by molar-refractivity contribution is -0.127. The van der Waals surface area contributed by atoms with Crippen molar-refractivity contribution in [2.24, 2.45) is 0 Å². The molecule has 0 aromatic heterocycles. The van der Waals surface area contributed by atoms with Gasteiger partial charge < -0.3 is 10.1 Å². The molecule has 1 heterocycles. The fraction of sp³-hybridized carbons (Fsp3) is 0.364. The summed E-state index contributed by atoms with van der Waals surface area (Å²) < 4.78 is 31.9. The van der Waals surface area contributed by atoms with Gasteiger partial charge >= 0.3 is 0 Å². The molecular weight excluding hydrogens is 248 g/mol. The van der Waals surface area contributed by atoms with Gasteiger partial charge in [-0.05, 0) is 12.1 Å². The normalized spacial score (nSPS) is 23.1. The van der Waals surface area contributed by atoms with E-state index in [1.807, 2.05) is 0 Å². The molecule has 2 rings (SSSR count). The molecule has 0 saturated carbocycles. The van der Waals surface area contributed by atoms with Crippen LogP contribution in [0, 0.1) is 11.6 Å². The number of halogens is 2. The molecule has 3 nitrogen and oxygen atoms in total. The molecule has 17 heavy (non-hydrogen) atoms. The SMILES string of the molecule is COCSC1C(=O)NC1c1c(F)cccc1F. The van der Waals surface area contributed by atoms with E-state index < -0.39 is 22.9 Å². The van der Waals surface area contributed by atoms with Gasteiger partial charge in [-0.2, -0.15) is 0 Å². The van der Waals surface area contributed by atoms with E-state index in [-0.39, 0.29) is 11.5 Å². The van der Waals surface area contributed by atoms with E-state index in [9.17, 15) is 13.6 Å². The van der Waals surface area contributed by atoms with Gasteiger partial charge in [-0.1, -0.05) is 6.07 Å². The first-order valence-electron chi connectivity index (χ1n) is 5.00. The van der Waals surface area contributed by atoms with Crippen molar-refractivity contribution in [2.45, 2.75) is 11.3 Å². The predicted octanol–water partition coefficient (Wildman–Crippen LogP) is 1.84. The predicted molar refractivity (Wildman–Crippen MR) is 60.5 cm³/mol. The Labute approximate surface area is 102 Å². The monoisotopic (exact) mass is 259 g/mol. The van der Waals surface area contributed by atoms with Crippen LogP contribution < -0.4 is 5.32 Å². The van der Waals surface area contributed by atoms with Gasteiger partial charge in [0.25, 0.3) is 0 Å². The molecular formula is C11H11F2NO2S. The van der Waals surface area contributed by atoms with Crippen molar-refractivity contribution >= 4 is 17.7 Å². The van der Waals surface area contributed by atoms with Crippen LogP contribution in [-0.2, 0) is 9.53 Å². The zero-order valence-electron chi connectivity index (χ0n) is 9.07. The molecule has 1 fully saturated rings. The third-order valence-corrected chi connectivity index (χ3v) is 3.75. The van der Waals surface area contributed by atoms with Gasteiger partial charge in [-0.3, -0.25) is 4.79 Å². The van der Waals surface area contributed by atoms with E-state index in [2.05, 4.69) is 5.32 Å². The molecule has 6 heteroatoms. The van der Waals surface area contributed by atoms with Gasteiger partial charge in [0.1, 0.15) is 16.9 Å². The van der Waals surface area contributed by atoms with E-state index >= 15 is 0 Å². The second-order valence-electron chi connectivity index (χ2n) is 3.62. The number of nitrogens with one attached hydrogen (secondary N) is 1. The fourth-order valence-corrected chi connectivity index (χ4v) is 2.61. The van der Waals surface area contributed by atoms with E-state index in [0.29, 0.717) is 5.94 Å². The number of carbonyl (C=O) groups is 1. The third-order valence-electron chi connectivity index (χ3n) is 2.54. The first-order valence-corrected chi connectivity index (χ1v) is 6.05. The minimum Gasteiger partial charge on any atom is -0.374 e. The number of hydrogen-bond acceptors (Lipinski definition) is 3. The highest BCUT2D eigenvalue weighted by molar-refractivity contribution is 8.00. The third kappa shape index (κ3) is 2.28. The van der Waals surface area contributed by atoms with Crippen molar-refractivity contribution in [1.82, 2.24) is 5.32 Å². The molecule has 1 amide bonds. The highest BCUT2D eigenvalue weighted by Gasteiger charge is 2.43. The number of rotatable bonds is 4. The number of amides is 1. The average molecular weight is 259 g/mol. The Bertz CT molecular complexity index is 421. The second-order valence-corrected chi connectivity index (χ2v) is 4.69. The topological polar surface area (TPSA) is 38.3 Å². The van der Waals surface area contributed by atoms with E-state index in [0.717, 1.165) is 0 Å². The first-order chi connectivity index (χ1) is 8.15. The minimum atomic E-state index is -0.641. The van der Waals surface area contributed by atoms with Gasteiger partial charge in [0, 0.05) is 12.7 Å². The summed E-state index contributed by atoms with van der Waals surface area (Å²) >= 11 is 1.22. The highest BCUT2D eigenvalue weighted by Crippen LogP contribution is 2.36. The Morgan fingerprint density at radius 3 is 2.59 bits per heavy atom. The summed E-state index contributed by atoms with van der Waals surface area (Å²) in [6, 6.07) is 3.04. The molecule has 1 aromatic rings. The van der Waals surface area contributed by atoms with Crippen LogP contribution in [0.2, 0.25) is 0 Å². The molecule has 1 N–H and O–H groups in total. The van der Waals surface area contributed by atoms with Gasteiger partial charge in [-0.15, -0.1) is 11.8 Å². The summed E-state index contributed by atoms with van der Waals surface area (Å²) in [5.74, 6) is -1.19. The van der Waals surface area contributed by atoms with Crippen molar-refractivity contribution in [1.29, 1.82) is 0 Å². The standard InChI is InChI=1S/C11H11F2NO2S/c1-16-5-17-10-9(14-11(10)15)8-6(12)3-2-4-7(8)13/h2-4,9-10H,5H2,1H3,(H,14,15). The van der Waals surface area contributed by atoms with Crippen LogP contribution in [0.5, 0.6) is 0 Å². The first kappa shape index (κ1) is 12.3. The van der Waals surface area contributed by atoms with Crippen LogP contribution in [0.15, 0.2) is 18.2 Å². The molecule has 0 aliphatic carbocycles. The van der Waals surface area contributed by atoms with Crippen LogP contribution >= 0.6 is 11.8 Å². The molecule has 1 saturated heterocycles. The van der Waals surface area contributed by atoms with Crippen molar-refractivity contribution in [3.8, 4) is 0 Å². The van der Waals surface area contributed by atoms with Crippen LogP contribution in [0.3, 0.4) is 0 Å². The highest BCUT2D eigenvalue weighted by atomic mass is 32.2. The van der Waals surface area contributed by atoms with Crippen molar-refractivity contribution in [3.63, 3.8) is 0 Å². The van der Waals surface area contributed by atoms with Gasteiger partial charge in [0.15, 0.2) is 0 Å². The molecule has 0 radical (unpaired) electrons. The maximum absolute atomic E-state index is 13.5. The Morgan fingerprint density at radius 2 is 2.06 bits per heavy atom. The summed E-state index contributed by atoms with van der Waals surface area (Å²) in [5, 5.41) is 2.01. The second kappa shape index (κ2) is 5.01. The fourth-order valence-electron chi connectivity index (χ4n) is 1.71. The maximum Gasteiger partial charge on any atom is 0.236 e. The number of methoxy groups -OCH3 is 1. The average Bonchev–Trinajstić information content (AvgIpc) is 2.28. The quantitative estimate of drug-likeness (QED) is 0.662. The summed E-state index contributed by atoms with van der Waals surface area (Å²) in [5.41, 5.74) is -0.0827. The lowest BCUT2D eigenvalue weighted by Gasteiger charge is -2.36. The van der Waals surface area contributed by atoms with Crippen LogP contribution in [0.1, 0.15) is 11.6 Å². The zero-order chi connectivity index (χ0) is 12.4. The van der Waals surface area contributed by atoms with Crippen molar-refractivity contribution in [2.75, 3.05) is 13.0 Å². The smallest absolute Gasteiger partial charge is 0.236 e. The molecule has 1 aliphatic heterocycles. The molecule has 0 bridgehead atoms. The number of carbonyl (C=O) groups excluding carboxylic acids is 1. The molecule has 92 valence electrons. The van der Waals surface area contributed by atoms with Crippen molar-refractivity contribution in [3.05, 3.63) is 35.4 Å². The number of ether oxygens (including phenoxy) is 1. The largest absolute Gasteiger partial charge is 0.374 e. The Morgan fingerprint density at radius 1 is 1.41 bits per heavy atom. The maximum atomic E-state index is 13.5. The Kier molecular flexibility index (Phi) is 3.63. The summed E-state index contributed by atoms with van der Waals surface area (Å²) in [4.78, 5) is 11.3. The van der Waals surface area contributed by atoms with Crippen LogP contribution in [-0.4, -0.2) is 24.2 Å². The van der Waals surface area contributed by atoms with Crippen LogP contribution in [0.4, 0.5) is 8.78 Å². The van der Waals surface area contributed by atoms with E-state index in [4.69, 9.17) is 4.74 Å². The molecule has 0 spiro atoms. The Hall–Kier alpha value is -1.14. The zero-order valence-corrected chi connectivity index (χ0v) is 9.89. The lowest BCUT2D eigenvalue weighted by atomic mass is 9.95. The number of benzene rings is 1. The molecule has 1 aliphatic rings. The van der Waals surface area contributed by atoms with Gasteiger partial charge in [0.05, 0.1) is 12.0 Å².